The predicted molar refractivity (Wildman–Crippen MR) is 75.2 cm³/mol. The van der Waals surface area contributed by atoms with Gasteiger partial charge in [0.15, 0.2) is 0 Å². The third-order valence-electron chi connectivity index (χ3n) is 2.57. The molecule has 1 heterocycles. The van der Waals surface area contributed by atoms with Crippen molar-refractivity contribution in [3.8, 4) is 10.4 Å². The normalized spacial score (nSPS) is 11.8. The minimum atomic E-state index is -4.35. The topological polar surface area (TPSA) is 12.0 Å². The molecule has 2 aromatic rings. The van der Waals surface area contributed by atoms with Crippen molar-refractivity contribution in [2.24, 2.45) is 0 Å². The molecule has 2 rings (SSSR count). The van der Waals surface area contributed by atoms with Gasteiger partial charge in [0.2, 0.25) is 0 Å². The number of halogens is 4. The van der Waals surface area contributed by atoms with Crippen molar-refractivity contribution in [1.82, 2.24) is 5.32 Å². The van der Waals surface area contributed by atoms with Gasteiger partial charge >= 0.3 is 6.18 Å². The fraction of sp³-hybridized carbons (Fsp3) is 0.231. The second-order valence-corrected chi connectivity index (χ2v) is 6.01. The number of benzene rings is 1. The monoisotopic (exact) mass is 349 g/mol. The Kier molecular flexibility index (Phi) is 4.32. The van der Waals surface area contributed by atoms with Crippen molar-refractivity contribution in [3.05, 3.63) is 45.2 Å². The molecule has 0 aliphatic rings. The lowest BCUT2D eigenvalue weighted by Gasteiger charge is -2.10. The lowest BCUT2D eigenvalue weighted by atomic mass is 10.1. The maximum Gasteiger partial charge on any atom is 0.417 e. The molecule has 0 saturated carbocycles. The number of nitrogens with one attached hydrogen (secondary N) is 1. The summed E-state index contributed by atoms with van der Waals surface area (Å²) in [6, 6.07) is 8.08. The molecule has 0 aliphatic carbocycles. The van der Waals surface area contributed by atoms with Gasteiger partial charge in [-0.2, -0.15) is 13.2 Å². The predicted octanol–water partition coefficient (Wildman–Crippen LogP) is 4.92. The standard InChI is InChI=1S/C13H11BrF3NS/c1-18-7-9-3-5-12(19-9)8-2-4-11(14)10(6-8)13(15,16)17/h2-6,18H,7H2,1H3. The van der Waals surface area contributed by atoms with Crippen LogP contribution in [0.5, 0.6) is 0 Å². The van der Waals surface area contributed by atoms with E-state index in [4.69, 9.17) is 0 Å². The van der Waals surface area contributed by atoms with Gasteiger partial charge in [-0.25, -0.2) is 0 Å². The molecule has 0 bridgehead atoms. The van der Waals surface area contributed by atoms with Crippen molar-refractivity contribution in [2.75, 3.05) is 7.05 Å². The zero-order valence-electron chi connectivity index (χ0n) is 10.0. The zero-order valence-corrected chi connectivity index (χ0v) is 12.4. The molecule has 1 nitrogen and oxygen atoms in total. The number of hydrogen-bond donors (Lipinski definition) is 1. The highest BCUT2D eigenvalue weighted by molar-refractivity contribution is 9.10. The van der Waals surface area contributed by atoms with Crippen LogP contribution in [0.4, 0.5) is 13.2 Å². The van der Waals surface area contributed by atoms with Crippen molar-refractivity contribution in [2.45, 2.75) is 12.7 Å². The Labute approximate surface area is 121 Å². The molecule has 6 heteroatoms. The molecule has 1 aromatic heterocycles. The summed E-state index contributed by atoms with van der Waals surface area (Å²) in [5.74, 6) is 0. The minimum absolute atomic E-state index is 0.0655. The largest absolute Gasteiger partial charge is 0.417 e. The Balaban J connectivity index is 2.39. The zero-order chi connectivity index (χ0) is 14.0. The molecule has 102 valence electrons. The molecular weight excluding hydrogens is 339 g/mol. The Morgan fingerprint density at radius 2 is 1.95 bits per heavy atom. The quantitative estimate of drug-likeness (QED) is 0.829. The van der Waals surface area contributed by atoms with Crippen LogP contribution in [-0.2, 0) is 12.7 Å². The van der Waals surface area contributed by atoms with Gasteiger partial charge in [0.1, 0.15) is 0 Å². The maximum atomic E-state index is 12.8. The van der Waals surface area contributed by atoms with E-state index in [0.717, 1.165) is 9.75 Å². The lowest BCUT2D eigenvalue weighted by Crippen LogP contribution is -2.05. The van der Waals surface area contributed by atoms with Crippen LogP contribution in [0.1, 0.15) is 10.4 Å². The molecule has 0 radical (unpaired) electrons. The van der Waals surface area contributed by atoms with Crippen molar-refractivity contribution >= 4 is 27.3 Å². The summed E-state index contributed by atoms with van der Waals surface area (Å²) < 4.78 is 38.6. The third kappa shape index (κ3) is 3.38. The molecule has 1 aromatic carbocycles. The van der Waals surface area contributed by atoms with Gasteiger partial charge in [-0.15, -0.1) is 11.3 Å². The van der Waals surface area contributed by atoms with Gasteiger partial charge in [-0.1, -0.05) is 22.0 Å². The lowest BCUT2D eigenvalue weighted by molar-refractivity contribution is -0.138. The van der Waals surface area contributed by atoms with Crippen LogP contribution in [0, 0.1) is 0 Å². The van der Waals surface area contributed by atoms with E-state index in [1.54, 1.807) is 6.07 Å². The van der Waals surface area contributed by atoms with E-state index >= 15 is 0 Å². The summed E-state index contributed by atoms with van der Waals surface area (Å²) in [5, 5.41) is 3.02. The summed E-state index contributed by atoms with van der Waals surface area (Å²) in [6.45, 7) is 0.716. The van der Waals surface area contributed by atoms with E-state index in [-0.39, 0.29) is 4.47 Å². The van der Waals surface area contributed by atoms with E-state index in [1.165, 1.54) is 23.5 Å². The smallest absolute Gasteiger partial charge is 0.315 e. The van der Waals surface area contributed by atoms with E-state index in [9.17, 15) is 13.2 Å². The Hall–Kier alpha value is -0.850. The van der Waals surface area contributed by atoms with E-state index in [1.807, 2.05) is 19.2 Å². The summed E-state index contributed by atoms with van der Waals surface area (Å²) in [5.41, 5.74) is -0.0588. The van der Waals surface area contributed by atoms with Crippen molar-refractivity contribution in [3.63, 3.8) is 0 Å². The molecule has 1 N–H and O–H groups in total. The summed E-state index contributed by atoms with van der Waals surface area (Å²) in [7, 11) is 1.83. The fourth-order valence-corrected chi connectivity index (χ4v) is 3.19. The highest BCUT2D eigenvalue weighted by Gasteiger charge is 2.33. The summed E-state index contributed by atoms with van der Waals surface area (Å²) in [6.07, 6.45) is -4.35. The van der Waals surface area contributed by atoms with Crippen LogP contribution >= 0.6 is 27.3 Å². The molecule has 0 atom stereocenters. The van der Waals surface area contributed by atoms with Gasteiger partial charge in [0.25, 0.3) is 0 Å². The van der Waals surface area contributed by atoms with E-state index in [2.05, 4.69) is 21.2 Å². The number of thiophene rings is 1. The van der Waals surface area contributed by atoms with Crippen LogP contribution < -0.4 is 5.32 Å². The average Bonchev–Trinajstić information content (AvgIpc) is 2.77. The molecule has 0 saturated heterocycles. The first-order valence-corrected chi connectivity index (χ1v) is 7.13. The number of rotatable bonds is 3. The van der Waals surface area contributed by atoms with Gasteiger partial charge in [0.05, 0.1) is 5.56 Å². The van der Waals surface area contributed by atoms with E-state index in [0.29, 0.717) is 12.1 Å². The maximum absolute atomic E-state index is 12.8. The first-order valence-electron chi connectivity index (χ1n) is 5.52. The number of alkyl halides is 3. The Morgan fingerprint density at radius 3 is 2.58 bits per heavy atom. The van der Waals surface area contributed by atoms with Gasteiger partial charge in [-0.05, 0) is 36.9 Å². The second-order valence-electron chi connectivity index (χ2n) is 3.99. The fourth-order valence-electron chi connectivity index (χ4n) is 1.70. The molecule has 0 aliphatic heterocycles. The first-order chi connectivity index (χ1) is 8.91. The third-order valence-corrected chi connectivity index (χ3v) is 4.39. The van der Waals surface area contributed by atoms with Gasteiger partial charge in [0, 0.05) is 20.8 Å². The van der Waals surface area contributed by atoms with Crippen LogP contribution in [-0.4, -0.2) is 7.05 Å². The summed E-state index contributed by atoms with van der Waals surface area (Å²) in [4.78, 5) is 1.93. The molecule has 0 fully saturated rings. The second kappa shape index (κ2) is 5.64. The van der Waals surface area contributed by atoms with Crippen molar-refractivity contribution in [1.29, 1.82) is 0 Å². The summed E-state index contributed by atoms with van der Waals surface area (Å²) >= 11 is 4.43. The molecular formula is C13H11BrF3NS. The molecule has 0 spiro atoms. The average molecular weight is 350 g/mol. The molecule has 0 unspecified atom stereocenters. The highest BCUT2D eigenvalue weighted by Crippen LogP contribution is 2.38. The van der Waals surface area contributed by atoms with Crippen molar-refractivity contribution < 1.29 is 13.2 Å². The minimum Gasteiger partial charge on any atom is -0.315 e. The first kappa shape index (κ1) is 14.6. The van der Waals surface area contributed by atoms with Crippen LogP contribution in [0.15, 0.2) is 34.8 Å². The molecule has 19 heavy (non-hydrogen) atoms. The van der Waals surface area contributed by atoms with Crippen LogP contribution in [0.3, 0.4) is 0 Å². The van der Waals surface area contributed by atoms with Gasteiger partial charge < -0.3 is 5.32 Å². The van der Waals surface area contributed by atoms with Crippen LogP contribution in [0.2, 0.25) is 0 Å². The highest BCUT2D eigenvalue weighted by atomic mass is 79.9. The Bertz CT molecular complexity index is 578. The van der Waals surface area contributed by atoms with Crippen LogP contribution in [0.25, 0.3) is 10.4 Å². The van der Waals surface area contributed by atoms with E-state index < -0.39 is 11.7 Å². The van der Waals surface area contributed by atoms with Gasteiger partial charge in [-0.3, -0.25) is 0 Å². The molecule has 0 amide bonds. The number of hydrogen-bond acceptors (Lipinski definition) is 2. The SMILES string of the molecule is CNCc1ccc(-c2ccc(Br)c(C(F)(F)F)c2)s1. The Morgan fingerprint density at radius 1 is 1.21 bits per heavy atom.